The summed E-state index contributed by atoms with van der Waals surface area (Å²) in [6.07, 6.45) is 1.48. The van der Waals surface area contributed by atoms with E-state index in [4.69, 9.17) is 32.7 Å². The first-order chi connectivity index (χ1) is 27.5. The van der Waals surface area contributed by atoms with Crippen LogP contribution in [0.1, 0.15) is 97.0 Å². The summed E-state index contributed by atoms with van der Waals surface area (Å²) in [6, 6.07) is 6.21. The molecule has 318 valence electrons. The van der Waals surface area contributed by atoms with Gasteiger partial charge in [-0.1, -0.05) is 23.2 Å². The lowest BCUT2D eigenvalue weighted by Crippen LogP contribution is -2.44. The summed E-state index contributed by atoms with van der Waals surface area (Å²) in [7, 11) is 0. The van der Waals surface area contributed by atoms with Gasteiger partial charge in [-0.2, -0.15) is 13.2 Å². The Kier molecular flexibility index (Phi) is 13.0. The van der Waals surface area contributed by atoms with Crippen LogP contribution < -0.4 is 0 Å². The van der Waals surface area contributed by atoms with Crippen molar-refractivity contribution in [2.45, 2.75) is 134 Å². The number of pyridine rings is 2. The standard InChI is InChI=1S/C23H24ClF3N4O3.C18H22BrClN2O3/c1-22(2,3)34-21(33)31-15-8-13(9-15)19(31)17(32)5-4-12-6-16(30-18(24)7-12)14-10-28-20(29-11-14)23(25,26)27;1-18(2,3)25-17(24)22-12-8-11(9-12)16(22)13(23)5-4-10-6-14(19)21-15(20)7-10/h6-7,10-11,13,15,19H,4-5,8-9H2,1-3H3;6-7,11-12,16H,4-5,8-9H2,1-3H3. The Balaban J connectivity index is 0.000000208. The molecule has 3 aromatic rings. The van der Waals surface area contributed by atoms with Gasteiger partial charge in [0.1, 0.15) is 26.1 Å². The van der Waals surface area contributed by atoms with Crippen molar-refractivity contribution >= 4 is 62.9 Å². The minimum absolute atomic E-state index is 0.0374. The minimum atomic E-state index is -4.64. The number of aromatic nitrogens is 4. The maximum atomic E-state index is 13.1. The number of hydrogen-bond acceptors (Lipinski definition) is 10. The average molecular weight is 927 g/mol. The largest absolute Gasteiger partial charge is 0.451 e. The van der Waals surface area contributed by atoms with Crippen LogP contribution in [-0.2, 0) is 38.1 Å². The topological polar surface area (TPSA) is 145 Å². The molecule has 6 aliphatic rings. The number of aryl methyl sites for hydroxylation is 2. The van der Waals surface area contributed by atoms with Gasteiger partial charge >= 0.3 is 18.4 Å². The van der Waals surface area contributed by atoms with E-state index in [1.54, 1.807) is 48.8 Å². The molecule has 0 radical (unpaired) electrons. The summed E-state index contributed by atoms with van der Waals surface area (Å²) in [5, 5.41) is 0.536. The van der Waals surface area contributed by atoms with Gasteiger partial charge in [-0.05, 0) is 143 Å². The predicted octanol–water partition coefficient (Wildman–Crippen LogP) is 9.51. The molecule has 9 rings (SSSR count). The molecule has 2 aliphatic carbocycles. The second kappa shape index (κ2) is 17.2. The average Bonchev–Trinajstić information content (AvgIpc) is 3.85. The van der Waals surface area contributed by atoms with Crippen LogP contribution in [0.4, 0.5) is 22.8 Å². The molecule has 2 atom stereocenters. The fraction of sp³-hybridized carbons (Fsp3) is 0.561. The maximum Gasteiger partial charge on any atom is 0.451 e. The molecule has 0 aromatic carbocycles. The molecule has 0 spiro atoms. The fourth-order valence-electron chi connectivity index (χ4n) is 8.07. The summed E-state index contributed by atoms with van der Waals surface area (Å²) in [6.45, 7) is 10.9. The summed E-state index contributed by atoms with van der Waals surface area (Å²) in [4.78, 5) is 69.2. The zero-order valence-electron chi connectivity index (χ0n) is 33.5. The third-order valence-corrected chi connectivity index (χ3v) is 11.4. The lowest BCUT2D eigenvalue weighted by atomic mass is 9.81. The number of fused-ring (bicyclic) bond motifs is 2. The first kappa shape index (κ1) is 44.7. The van der Waals surface area contributed by atoms with Gasteiger partial charge < -0.3 is 9.47 Å². The van der Waals surface area contributed by atoms with E-state index in [-0.39, 0.29) is 64.8 Å². The normalized spacial score (nSPS) is 23.1. The van der Waals surface area contributed by atoms with E-state index in [1.807, 2.05) is 26.8 Å². The molecular weight excluding hydrogens is 880 g/mol. The molecule has 59 heavy (non-hydrogen) atoms. The number of ketones is 2. The van der Waals surface area contributed by atoms with E-state index in [1.165, 1.54) is 0 Å². The second-order valence-corrected chi connectivity index (χ2v) is 19.1. The third-order valence-electron chi connectivity index (χ3n) is 10.6. The molecule has 2 amide bonds. The Morgan fingerprint density at radius 1 is 0.712 bits per heavy atom. The number of ether oxygens (including phenoxy) is 2. The molecule has 4 bridgehead atoms. The van der Waals surface area contributed by atoms with Crippen LogP contribution in [-0.4, -0.2) is 88.9 Å². The van der Waals surface area contributed by atoms with Crippen LogP contribution in [0.5, 0.6) is 0 Å². The molecule has 18 heteroatoms. The molecule has 6 fully saturated rings. The first-order valence-corrected chi connectivity index (χ1v) is 21.0. The quantitative estimate of drug-likeness (QED) is 0.190. The maximum absolute atomic E-state index is 13.1. The number of carbonyl (C=O) groups excluding carboxylic acids is 4. The Morgan fingerprint density at radius 2 is 1.14 bits per heavy atom. The lowest BCUT2D eigenvalue weighted by Gasteiger charge is -2.29. The fourth-order valence-corrected chi connectivity index (χ4v) is 9.12. The van der Waals surface area contributed by atoms with E-state index in [9.17, 15) is 32.3 Å². The van der Waals surface area contributed by atoms with Gasteiger partial charge in [-0.15, -0.1) is 0 Å². The highest BCUT2D eigenvalue weighted by atomic mass is 79.9. The van der Waals surface area contributed by atoms with E-state index in [2.05, 4.69) is 35.9 Å². The zero-order chi connectivity index (χ0) is 43.2. The highest BCUT2D eigenvalue weighted by Gasteiger charge is 2.57. The van der Waals surface area contributed by atoms with Crippen molar-refractivity contribution in [3.63, 3.8) is 0 Å². The first-order valence-electron chi connectivity index (χ1n) is 19.4. The van der Waals surface area contributed by atoms with Crippen molar-refractivity contribution in [3.8, 4) is 11.3 Å². The Hall–Kier alpha value is -3.89. The second-order valence-electron chi connectivity index (χ2n) is 17.5. The van der Waals surface area contributed by atoms with Gasteiger partial charge in [-0.25, -0.2) is 29.5 Å². The van der Waals surface area contributed by atoms with Gasteiger partial charge in [0.05, 0.1) is 17.8 Å². The highest BCUT2D eigenvalue weighted by Crippen LogP contribution is 2.48. The van der Waals surface area contributed by atoms with Gasteiger partial charge in [0.25, 0.3) is 0 Å². The number of halogens is 6. The Morgan fingerprint density at radius 3 is 1.54 bits per heavy atom. The van der Waals surface area contributed by atoms with Crippen molar-refractivity contribution in [2.24, 2.45) is 11.8 Å². The number of alkyl halides is 3. The number of amides is 2. The van der Waals surface area contributed by atoms with E-state index in [0.717, 1.165) is 43.6 Å². The molecule has 3 aromatic heterocycles. The summed E-state index contributed by atoms with van der Waals surface area (Å²) < 4.78 is 49.8. The molecule has 4 saturated heterocycles. The molecule has 0 N–H and O–H groups in total. The number of nitrogens with zero attached hydrogens (tertiary/aromatic N) is 6. The van der Waals surface area contributed by atoms with E-state index < -0.39 is 35.3 Å². The van der Waals surface area contributed by atoms with Crippen LogP contribution in [0.3, 0.4) is 0 Å². The molecule has 4 aliphatic heterocycles. The molecule has 2 saturated carbocycles. The Labute approximate surface area is 359 Å². The van der Waals surface area contributed by atoms with Crippen molar-refractivity contribution in [1.29, 1.82) is 0 Å². The van der Waals surface area contributed by atoms with Crippen LogP contribution >= 0.6 is 39.1 Å². The van der Waals surface area contributed by atoms with Crippen LogP contribution in [0, 0.1) is 11.8 Å². The summed E-state index contributed by atoms with van der Waals surface area (Å²) in [5.74, 6) is -0.777. The summed E-state index contributed by atoms with van der Waals surface area (Å²) in [5.41, 5.74) is 1.02. The van der Waals surface area contributed by atoms with Crippen LogP contribution in [0.15, 0.2) is 41.3 Å². The highest BCUT2D eigenvalue weighted by molar-refractivity contribution is 9.10. The molecule has 7 heterocycles. The SMILES string of the molecule is CC(C)(C)OC(=O)N1C2CC(C2)C1C(=O)CCc1cc(Cl)nc(-c2cnc(C(F)(F)F)nc2)c1.CC(C)(C)OC(=O)N1C2CC(C2)C1C(=O)CCc1cc(Cl)nc(Br)c1. The van der Waals surface area contributed by atoms with Gasteiger partial charge in [0.15, 0.2) is 11.6 Å². The number of rotatable bonds is 9. The lowest BCUT2D eigenvalue weighted by molar-refractivity contribution is -0.145. The smallest absolute Gasteiger partial charge is 0.444 e. The Bertz CT molecular complexity index is 2060. The number of carbonyl (C=O) groups is 4. The minimum Gasteiger partial charge on any atom is -0.444 e. The predicted molar refractivity (Wildman–Crippen MR) is 216 cm³/mol. The monoisotopic (exact) mass is 924 g/mol. The van der Waals surface area contributed by atoms with Crippen molar-refractivity contribution in [1.82, 2.24) is 29.7 Å². The van der Waals surface area contributed by atoms with Crippen molar-refractivity contribution in [3.05, 3.63) is 68.5 Å². The number of Topliss-reactive ketones (excluding diaryl/α,β-unsaturated/α-hetero) is 2. The van der Waals surface area contributed by atoms with Gasteiger partial charge in [-0.3, -0.25) is 19.4 Å². The van der Waals surface area contributed by atoms with Gasteiger partial charge in [0.2, 0.25) is 5.82 Å². The van der Waals surface area contributed by atoms with Crippen LogP contribution in [0.2, 0.25) is 10.3 Å². The summed E-state index contributed by atoms with van der Waals surface area (Å²) >= 11 is 15.4. The third kappa shape index (κ3) is 10.9. The van der Waals surface area contributed by atoms with Crippen LogP contribution in [0.25, 0.3) is 11.3 Å². The van der Waals surface area contributed by atoms with E-state index >= 15 is 0 Å². The zero-order valence-corrected chi connectivity index (χ0v) is 36.6. The molecule has 2 unspecified atom stereocenters. The molecular formula is C41H46BrCl2F3N6O6. The molecule has 12 nitrogen and oxygen atoms in total. The van der Waals surface area contributed by atoms with Crippen molar-refractivity contribution in [2.75, 3.05) is 0 Å². The van der Waals surface area contributed by atoms with Crippen molar-refractivity contribution < 1.29 is 41.8 Å². The van der Waals surface area contributed by atoms with E-state index in [0.29, 0.717) is 40.3 Å². The van der Waals surface area contributed by atoms with Gasteiger partial charge in [0, 0.05) is 42.9 Å². The number of hydrogen-bond donors (Lipinski definition) is 0.